The van der Waals surface area contributed by atoms with Gasteiger partial charge in [-0.2, -0.15) is 11.8 Å². The number of thioether (sulfide) groups is 1. The SMILES string of the molecule is CSCCN(C)c1nc(Cl)ncc1C. The number of aryl methyl sites for hydroxylation is 1. The lowest BCUT2D eigenvalue weighted by molar-refractivity contribution is 0.925. The fourth-order valence-corrected chi connectivity index (χ4v) is 1.72. The Hall–Kier alpha value is -0.480. The smallest absolute Gasteiger partial charge is 0.224 e. The molecule has 0 spiro atoms. The molecule has 0 N–H and O–H groups in total. The van der Waals surface area contributed by atoms with Crippen molar-refractivity contribution in [2.24, 2.45) is 0 Å². The van der Waals surface area contributed by atoms with Gasteiger partial charge in [0, 0.05) is 31.1 Å². The molecule has 1 heterocycles. The molecule has 14 heavy (non-hydrogen) atoms. The van der Waals surface area contributed by atoms with Crippen LogP contribution < -0.4 is 4.90 Å². The largest absolute Gasteiger partial charge is 0.358 e. The lowest BCUT2D eigenvalue weighted by Crippen LogP contribution is -2.22. The molecule has 0 fully saturated rings. The molecule has 0 bridgehead atoms. The van der Waals surface area contributed by atoms with Crippen LogP contribution in [0.5, 0.6) is 0 Å². The minimum absolute atomic E-state index is 0.307. The number of halogens is 1. The fourth-order valence-electron chi connectivity index (χ4n) is 1.13. The van der Waals surface area contributed by atoms with Gasteiger partial charge in [0.05, 0.1) is 0 Å². The van der Waals surface area contributed by atoms with Crippen LogP contribution in [0.4, 0.5) is 5.82 Å². The van der Waals surface area contributed by atoms with E-state index in [2.05, 4.69) is 21.1 Å². The molecule has 0 aromatic carbocycles. The average molecular weight is 232 g/mol. The Bertz CT molecular complexity index is 306. The van der Waals surface area contributed by atoms with E-state index < -0.39 is 0 Å². The molecule has 0 unspecified atom stereocenters. The second-order valence-electron chi connectivity index (χ2n) is 3.06. The van der Waals surface area contributed by atoms with E-state index in [1.54, 1.807) is 6.20 Å². The first-order chi connectivity index (χ1) is 6.65. The first-order valence-electron chi connectivity index (χ1n) is 4.34. The van der Waals surface area contributed by atoms with Gasteiger partial charge < -0.3 is 4.90 Å². The quantitative estimate of drug-likeness (QED) is 0.744. The number of anilines is 1. The lowest BCUT2D eigenvalue weighted by Gasteiger charge is -2.19. The van der Waals surface area contributed by atoms with E-state index in [1.807, 2.05) is 25.7 Å². The number of hydrogen-bond acceptors (Lipinski definition) is 4. The molecule has 3 nitrogen and oxygen atoms in total. The standard InChI is InChI=1S/C9H14ClN3S/c1-7-6-11-9(10)12-8(7)13(2)4-5-14-3/h6H,4-5H2,1-3H3. The van der Waals surface area contributed by atoms with E-state index in [4.69, 9.17) is 11.6 Å². The van der Waals surface area contributed by atoms with Gasteiger partial charge in [0.2, 0.25) is 5.28 Å². The summed E-state index contributed by atoms with van der Waals surface area (Å²) in [4.78, 5) is 10.2. The first kappa shape index (κ1) is 11.6. The molecule has 1 rings (SSSR count). The van der Waals surface area contributed by atoms with Crippen molar-refractivity contribution >= 4 is 29.2 Å². The summed E-state index contributed by atoms with van der Waals surface area (Å²) in [5.74, 6) is 2.00. The summed E-state index contributed by atoms with van der Waals surface area (Å²) in [5.41, 5.74) is 1.05. The van der Waals surface area contributed by atoms with Gasteiger partial charge in [0.1, 0.15) is 5.82 Å². The van der Waals surface area contributed by atoms with Gasteiger partial charge in [-0.05, 0) is 24.8 Å². The van der Waals surface area contributed by atoms with Gasteiger partial charge in [-0.15, -0.1) is 0 Å². The molecule has 0 aliphatic carbocycles. The molecule has 0 atom stereocenters. The maximum Gasteiger partial charge on any atom is 0.224 e. The summed E-state index contributed by atoms with van der Waals surface area (Å²) in [6.45, 7) is 2.95. The summed E-state index contributed by atoms with van der Waals surface area (Å²) in [5, 5.41) is 0.307. The molecule has 0 saturated carbocycles. The van der Waals surface area contributed by atoms with E-state index in [0.29, 0.717) is 5.28 Å². The predicted molar refractivity (Wildman–Crippen MR) is 63.4 cm³/mol. The van der Waals surface area contributed by atoms with Crippen molar-refractivity contribution in [2.75, 3.05) is 30.5 Å². The van der Waals surface area contributed by atoms with E-state index in [9.17, 15) is 0 Å². The average Bonchev–Trinajstić information content (AvgIpc) is 2.18. The first-order valence-corrected chi connectivity index (χ1v) is 6.11. The monoisotopic (exact) mass is 231 g/mol. The number of hydrogen-bond donors (Lipinski definition) is 0. The van der Waals surface area contributed by atoms with Crippen molar-refractivity contribution in [3.8, 4) is 0 Å². The highest BCUT2D eigenvalue weighted by molar-refractivity contribution is 7.98. The predicted octanol–water partition coefficient (Wildman–Crippen LogP) is 2.24. The Morgan fingerprint density at radius 2 is 2.29 bits per heavy atom. The molecule has 0 aliphatic heterocycles. The summed E-state index contributed by atoms with van der Waals surface area (Å²) in [6.07, 6.45) is 3.84. The minimum atomic E-state index is 0.307. The molecule has 0 radical (unpaired) electrons. The second-order valence-corrected chi connectivity index (χ2v) is 4.38. The Morgan fingerprint density at radius 1 is 1.57 bits per heavy atom. The third kappa shape index (κ3) is 3.03. The van der Waals surface area contributed by atoms with Gasteiger partial charge in [0.15, 0.2) is 0 Å². The van der Waals surface area contributed by atoms with E-state index in [0.717, 1.165) is 23.7 Å². The lowest BCUT2D eigenvalue weighted by atomic mass is 10.3. The molecular formula is C9H14ClN3S. The van der Waals surface area contributed by atoms with Crippen molar-refractivity contribution in [1.82, 2.24) is 9.97 Å². The van der Waals surface area contributed by atoms with Crippen LogP contribution >= 0.6 is 23.4 Å². The summed E-state index contributed by atoms with van der Waals surface area (Å²) >= 11 is 7.56. The third-order valence-corrected chi connectivity index (χ3v) is 2.68. The van der Waals surface area contributed by atoms with Crippen LogP contribution in [-0.4, -0.2) is 35.6 Å². The van der Waals surface area contributed by atoms with Crippen LogP contribution in [0.25, 0.3) is 0 Å². The van der Waals surface area contributed by atoms with Gasteiger partial charge in [0.25, 0.3) is 0 Å². The zero-order chi connectivity index (χ0) is 10.6. The Morgan fingerprint density at radius 3 is 2.93 bits per heavy atom. The van der Waals surface area contributed by atoms with Crippen molar-refractivity contribution in [2.45, 2.75) is 6.92 Å². The minimum Gasteiger partial charge on any atom is -0.358 e. The normalized spacial score (nSPS) is 10.3. The van der Waals surface area contributed by atoms with Gasteiger partial charge in [-0.25, -0.2) is 9.97 Å². The Labute approximate surface area is 93.9 Å². The van der Waals surface area contributed by atoms with Crippen molar-refractivity contribution < 1.29 is 0 Å². The zero-order valence-electron chi connectivity index (χ0n) is 8.62. The third-order valence-electron chi connectivity index (χ3n) is 1.91. The molecule has 1 aromatic rings. The van der Waals surface area contributed by atoms with E-state index in [1.165, 1.54) is 0 Å². The highest BCUT2D eigenvalue weighted by Gasteiger charge is 2.06. The second kappa shape index (κ2) is 5.41. The topological polar surface area (TPSA) is 29.0 Å². The molecular weight excluding hydrogens is 218 g/mol. The van der Waals surface area contributed by atoms with E-state index in [-0.39, 0.29) is 0 Å². The maximum absolute atomic E-state index is 5.74. The molecule has 0 saturated heterocycles. The van der Waals surface area contributed by atoms with E-state index >= 15 is 0 Å². The van der Waals surface area contributed by atoms with Crippen molar-refractivity contribution in [3.05, 3.63) is 17.0 Å². The molecule has 0 aliphatic rings. The maximum atomic E-state index is 5.74. The van der Waals surface area contributed by atoms with Gasteiger partial charge in [-0.1, -0.05) is 0 Å². The number of rotatable bonds is 4. The highest BCUT2D eigenvalue weighted by atomic mass is 35.5. The molecule has 5 heteroatoms. The van der Waals surface area contributed by atoms with Gasteiger partial charge in [-0.3, -0.25) is 0 Å². The fraction of sp³-hybridized carbons (Fsp3) is 0.556. The summed E-state index contributed by atoms with van der Waals surface area (Å²) in [6, 6.07) is 0. The molecule has 0 amide bonds. The van der Waals surface area contributed by atoms with Crippen LogP contribution in [0.3, 0.4) is 0 Å². The Balaban J connectivity index is 2.77. The number of nitrogens with zero attached hydrogens (tertiary/aromatic N) is 3. The summed E-state index contributed by atoms with van der Waals surface area (Å²) in [7, 11) is 2.02. The van der Waals surface area contributed by atoms with Crippen LogP contribution in [0.15, 0.2) is 6.20 Å². The van der Waals surface area contributed by atoms with Gasteiger partial charge >= 0.3 is 0 Å². The summed E-state index contributed by atoms with van der Waals surface area (Å²) < 4.78 is 0. The molecule has 78 valence electrons. The Kier molecular flexibility index (Phi) is 4.48. The highest BCUT2D eigenvalue weighted by Crippen LogP contribution is 2.16. The van der Waals surface area contributed by atoms with Crippen LogP contribution in [0.1, 0.15) is 5.56 Å². The number of aromatic nitrogens is 2. The van der Waals surface area contributed by atoms with Crippen LogP contribution in [0.2, 0.25) is 5.28 Å². The zero-order valence-corrected chi connectivity index (χ0v) is 10.2. The van der Waals surface area contributed by atoms with Crippen molar-refractivity contribution in [3.63, 3.8) is 0 Å². The van der Waals surface area contributed by atoms with Crippen molar-refractivity contribution in [1.29, 1.82) is 0 Å². The van der Waals surface area contributed by atoms with Crippen LogP contribution in [-0.2, 0) is 0 Å². The molecule has 1 aromatic heterocycles. The van der Waals surface area contributed by atoms with Crippen LogP contribution in [0, 0.1) is 6.92 Å².